The number of rotatable bonds is 5. The third kappa shape index (κ3) is 3.41. The molecule has 146 valence electrons. The first kappa shape index (κ1) is 18.3. The molecule has 4 rings (SSSR count). The second-order valence-electron chi connectivity index (χ2n) is 6.57. The minimum Gasteiger partial charge on any atom is -0.493 e. The molecule has 2 aromatic carbocycles. The highest BCUT2D eigenvalue weighted by molar-refractivity contribution is 5.68. The molecular weight excluding hydrogens is 358 g/mol. The molecule has 7 nitrogen and oxygen atoms in total. The highest BCUT2D eigenvalue weighted by atomic mass is 16.5. The fraction of sp³-hybridized carbons (Fsp3) is 0.333. The van der Waals surface area contributed by atoms with Gasteiger partial charge in [-0.25, -0.2) is 0 Å². The first-order chi connectivity index (χ1) is 13.7. The monoisotopic (exact) mass is 381 g/mol. The van der Waals surface area contributed by atoms with Crippen molar-refractivity contribution in [3.8, 4) is 40.1 Å². The summed E-state index contributed by atoms with van der Waals surface area (Å²) in [5.74, 6) is 2.56. The van der Waals surface area contributed by atoms with Crippen LogP contribution in [-0.4, -0.2) is 44.6 Å². The summed E-state index contributed by atoms with van der Waals surface area (Å²) in [4.78, 5) is 4.58. The van der Waals surface area contributed by atoms with Crippen LogP contribution in [0.2, 0.25) is 0 Å². The molecule has 0 saturated heterocycles. The van der Waals surface area contributed by atoms with Crippen LogP contribution in [0.15, 0.2) is 34.9 Å². The normalized spacial score (nSPS) is 13.5. The zero-order chi connectivity index (χ0) is 19.5. The Labute approximate surface area is 163 Å². The topological polar surface area (TPSA) is 78.6 Å². The number of aromatic nitrogens is 2. The molecule has 0 unspecified atom stereocenters. The van der Waals surface area contributed by atoms with Crippen molar-refractivity contribution in [2.24, 2.45) is 0 Å². The maximum absolute atomic E-state index is 5.54. The van der Waals surface area contributed by atoms with Gasteiger partial charge in [0.15, 0.2) is 11.5 Å². The summed E-state index contributed by atoms with van der Waals surface area (Å²) in [5.41, 5.74) is 4.35. The Kier molecular flexibility index (Phi) is 5.16. The smallest absolute Gasteiger partial charge is 0.258 e. The zero-order valence-corrected chi connectivity index (χ0v) is 16.2. The van der Waals surface area contributed by atoms with Crippen LogP contribution >= 0.6 is 0 Å². The predicted molar refractivity (Wildman–Crippen MR) is 105 cm³/mol. The van der Waals surface area contributed by atoms with Crippen LogP contribution < -0.4 is 19.5 Å². The minimum absolute atomic E-state index is 0.464. The van der Waals surface area contributed by atoms with E-state index in [0.717, 1.165) is 37.1 Å². The van der Waals surface area contributed by atoms with Gasteiger partial charge in [0.1, 0.15) is 0 Å². The molecule has 0 spiro atoms. The summed E-state index contributed by atoms with van der Waals surface area (Å²) in [6, 6.07) is 9.95. The number of fused-ring (bicyclic) bond motifs is 1. The molecule has 0 radical (unpaired) electrons. The first-order valence-electron chi connectivity index (χ1n) is 9.20. The molecule has 1 aliphatic heterocycles. The van der Waals surface area contributed by atoms with Gasteiger partial charge in [0, 0.05) is 11.1 Å². The summed E-state index contributed by atoms with van der Waals surface area (Å²) in [5, 5.41) is 7.57. The summed E-state index contributed by atoms with van der Waals surface area (Å²) >= 11 is 0. The van der Waals surface area contributed by atoms with E-state index in [-0.39, 0.29) is 0 Å². The third-order valence-corrected chi connectivity index (χ3v) is 4.94. The van der Waals surface area contributed by atoms with Crippen molar-refractivity contribution >= 4 is 0 Å². The first-order valence-corrected chi connectivity index (χ1v) is 9.20. The van der Waals surface area contributed by atoms with Gasteiger partial charge < -0.3 is 24.1 Å². The second-order valence-corrected chi connectivity index (χ2v) is 6.57. The second kappa shape index (κ2) is 7.90. The summed E-state index contributed by atoms with van der Waals surface area (Å²) < 4.78 is 21.7. The zero-order valence-electron chi connectivity index (χ0n) is 16.2. The molecule has 1 aromatic heterocycles. The van der Waals surface area contributed by atoms with Crippen molar-refractivity contribution in [3.05, 3.63) is 41.5 Å². The van der Waals surface area contributed by atoms with Crippen molar-refractivity contribution in [3.63, 3.8) is 0 Å². The largest absolute Gasteiger partial charge is 0.493 e. The predicted octanol–water partition coefficient (Wildman–Crippen LogP) is 3.12. The van der Waals surface area contributed by atoms with Gasteiger partial charge in [0.2, 0.25) is 11.6 Å². The van der Waals surface area contributed by atoms with E-state index < -0.39 is 0 Å². The van der Waals surface area contributed by atoms with E-state index in [1.165, 1.54) is 11.1 Å². The quantitative estimate of drug-likeness (QED) is 0.727. The minimum atomic E-state index is 0.464. The van der Waals surface area contributed by atoms with Crippen LogP contribution in [0.3, 0.4) is 0 Å². The Balaban J connectivity index is 1.69. The highest BCUT2D eigenvalue weighted by Gasteiger charge is 2.18. The molecule has 0 aliphatic carbocycles. The summed E-state index contributed by atoms with van der Waals surface area (Å²) in [6.45, 7) is 2.00. The van der Waals surface area contributed by atoms with Crippen molar-refractivity contribution in [1.82, 2.24) is 15.5 Å². The average molecular weight is 381 g/mol. The lowest BCUT2D eigenvalue weighted by molar-refractivity contribution is 0.324. The van der Waals surface area contributed by atoms with Crippen LogP contribution in [0, 0.1) is 0 Å². The molecule has 0 atom stereocenters. The van der Waals surface area contributed by atoms with Gasteiger partial charge in [-0.2, -0.15) is 4.98 Å². The molecule has 7 heteroatoms. The van der Waals surface area contributed by atoms with E-state index in [9.17, 15) is 0 Å². The van der Waals surface area contributed by atoms with Crippen molar-refractivity contribution in [1.29, 1.82) is 0 Å². The number of hydrogen-bond acceptors (Lipinski definition) is 7. The van der Waals surface area contributed by atoms with E-state index in [1.54, 1.807) is 33.5 Å². The van der Waals surface area contributed by atoms with Crippen LogP contribution in [0.1, 0.15) is 11.1 Å². The van der Waals surface area contributed by atoms with Gasteiger partial charge in [0.25, 0.3) is 5.89 Å². The van der Waals surface area contributed by atoms with Gasteiger partial charge >= 0.3 is 0 Å². The maximum Gasteiger partial charge on any atom is 0.258 e. The number of nitrogens with zero attached hydrogens (tertiary/aromatic N) is 2. The SMILES string of the molecule is COc1cc(-c2noc(-c3ccc4c(c3)CCNCC4)n2)cc(OC)c1OC. The standard InChI is InChI=1S/C21H23N3O4/c1-25-17-11-16(12-18(26-2)19(17)27-3)20-23-21(28-24-20)15-5-4-13-6-8-22-9-7-14(13)10-15/h4-5,10-12,22H,6-9H2,1-3H3. The maximum atomic E-state index is 5.54. The molecular formula is C21H23N3O4. The van der Waals surface area contributed by atoms with E-state index in [4.69, 9.17) is 18.7 Å². The number of hydrogen-bond donors (Lipinski definition) is 1. The molecule has 0 saturated carbocycles. The molecule has 1 N–H and O–H groups in total. The van der Waals surface area contributed by atoms with Gasteiger partial charge in [-0.3, -0.25) is 0 Å². The van der Waals surface area contributed by atoms with Gasteiger partial charge in [-0.05, 0) is 61.3 Å². The lowest BCUT2D eigenvalue weighted by Gasteiger charge is -2.12. The fourth-order valence-electron chi connectivity index (χ4n) is 3.47. The Morgan fingerprint density at radius 3 is 2.25 bits per heavy atom. The average Bonchev–Trinajstić information content (AvgIpc) is 3.11. The van der Waals surface area contributed by atoms with E-state index >= 15 is 0 Å². The lowest BCUT2D eigenvalue weighted by Crippen LogP contribution is -2.16. The summed E-state index contributed by atoms with van der Waals surface area (Å²) in [6.07, 6.45) is 2.03. The number of ether oxygens (including phenoxy) is 3. The van der Waals surface area contributed by atoms with Crippen molar-refractivity contribution in [2.75, 3.05) is 34.4 Å². The molecule has 28 heavy (non-hydrogen) atoms. The molecule has 3 aromatic rings. The van der Waals surface area contributed by atoms with Gasteiger partial charge in [-0.1, -0.05) is 11.2 Å². The number of methoxy groups -OCH3 is 3. The highest BCUT2D eigenvalue weighted by Crippen LogP contribution is 2.40. The van der Waals surface area contributed by atoms with Crippen LogP contribution in [0.4, 0.5) is 0 Å². The van der Waals surface area contributed by atoms with Crippen LogP contribution in [0.5, 0.6) is 17.2 Å². The van der Waals surface area contributed by atoms with Crippen LogP contribution in [0.25, 0.3) is 22.8 Å². The molecule has 2 heterocycles. The number of nitrogens with one attached hydrogen (secondary N) is 1. The van der Waals surface area contributed by atoms with E-state index in [2.05, 4.69) is 27.6 Å². The van der Waals surface area contributed by atoms with Crippen molar-refractivity contribution in [2.45, 2.75) is 12.8 Å². The molecule has 1 aliphatic rings. The van der Waals surface area contributed by atoms with Crippen molar-refractivity contribution < 1.29 is 18.7 Å². The van der Waals surface area contributed by atoms with E-state index in [1.807, 2.05) is 6.07 Å². The Morgan fingerprint density at radius 2 is 1.57 bits per heavy atom. The Hall–Kier alpha value is -3.06. The Morgan fingerprint density at radius 1 is 0.857 bits per heavy atom. The molecule has 0 amide bonds. The van der Waals surface area contributed by atoms with Gasteiger partial charge in [0.05, 0.1) is 21.3 Å². The van der Waals surface area contributed by atoms with Crippen LogP contribution in [-0.2, 0) is 12.8 Å². The lowest BCUT2D eigenvalue weighted by atomic mass is 10.00. The number of benzene rings is 2. The fourth-order valence-corrected chi connectivity index (χ4v) is 3.47. The summed E-state index contributed by atoms with van der Waals surface area (Å²) in [7, 11) is 4.72. The molecule has 0 bridgehead atoms. The third-order valence-electron chi connectivity index (χ3n) is 4.94. The van der Waals surface area contributed by atoms with E-state index in [0.29, 0.717) is 29.0 Å². The molecule has 0 fully saturated rings. The van der Waals surface area contributed by atoms with Gasteiger partial charge in [-0.15, -0.1) is 0 Å². The Bertz CT molecular complexity index is 959.